The maximum absolute atomic E-state index is 13.5. The predicted molar refractivity (Wildman–Crippen MR) is 130 cm³/mol. The van der Waals surface area contributed by atoms with E-state index in [-0.39, 0.29) is 31.4 Å². The normalized spacial score (nSPS) is 10.7. The molecular formula is C26H28ClN3O4. The molecule has 34 heavy (non-hydrogen) atoms. The molecule has 0 saturated heterocycles. The molecule has 3 aromatic rings. The van der Waals surface area contributed by atoms with E-state index in [2.05, 4.69) is 4.98 Å². The molecule has 7 nitrogen and oxygen atoms in total. The van der Waals surface area contributed by atoms with Crippen LogP contribution in [0.3, 0.4) is 0 Å². The van der Waals surface area contributed by atoms with E-state index < -0.39 is 5.97 Å². The third kappa shape index (κ3) is 5.37. The molecule has 0 radical (unpaired) electrons. The molecule has 0 spiro atoms. The standard InChI is InChI=1S/C26H28ClN3O4/c1-5-34-26(33)24-17(2)23(18(3)29(24)4)22(31)16-30(15-13-19-10-8-9-14-28-19)25(32)20-11-6-7-12-21(20)27/h6-12,14H,5,13,15-16H2,1-4H3. The van der Waals surface area contributed by atoms with Crippen molar-refractivity contribution in [2.75, 3.05) is 19.7 Å². The monoisotopic (exact) mass is 481 g/mol. The fraction of sp³-hybridized carbons (Fsp3) is 0.308. The Kier molecular flexibility index (Phi) is 8.23. The van der Waals surface area contributed by atoms with Crippen molar-refractivity contribution in [2.24, 2.45) is 7.05 Å². The van der Waals surface area contributed by atoms with Crippen molar-refractivity contribution in [3.05, 3.63) is 87.5 Å². The fourth-order valence-electron chi connectivity index (χ4n) is 3.98. The Morgan fingerprint density at radius 3 is 2.44 bits per heavy atom. The van der Waals surface area contributed by atoms with Gasteiger partial charge in [0.15, 0.2) is 5.78 Å². The Hall–Kier alpha value is -3.45. The number of halogens is 1. The molecule has 3 rings (SSSR count). The van der Waals surface area contributed by atoms with E-state index in [4.69, 9.17) is 16.3 Å². The number of ketones is 1. The van der Waals surface area contributed by atoms with Crippen LogP contribution in [0.15, 0.2) is 48.7 Å². The molecule has 0 aliphatic heterocycles. The summed E-state index contributed by atoms with van der Waals surface area (Å²) in [6.07, 6.45) is 2.17. The van der Waals surface area contributed by atoms with Crippen LogP contribution in [0.25, 0.3) is 0 Å². The van der Waals surface area contributed by atoms with Crippen molar-refractivity contribution >= 4 is 29.3 Å². The van der Waals surface area contributed by atoms with E-state index in [1.165, 1.54) is 4.90 Å². The number of benzene rings is 1. The van der Waals surface area contributed by atoms with Gasteiger partial charge in [-0.05, 0) is 50.6 Å². The minimum Gasteiger partial charge on any atom is -0.461 e. The van der Waals surface area contributed by atoms with E-state index in [0.29, 0.717) is 39.5 Å². The highest BCUT2D eigenvalue weighted by Gasteiger charge is 2.28. The topological polar surface area (TPSA) is 81.5 Å². The van der Waals surface area contributed by atoms with E-state index in [9.17, 15) is 14.4 Å². The zero-order valence-corrected chi connectivity index (χ0v) is 20.6. The number of amides is 1. The smallest absolute Gasteiger partial charge is 0.355 e. The largest absolute Gasteiger partial charge is 0.461 e. The van der Waals surface area contributed by atoms with Crippen molar-refractivity contribution in [2.45, 2.75) is 27.2 Å². The quantitative estimate of drug-likeness (QED) is 0.333. The molecule has 0 aliphatic rings. The lowest BCUT2D eigenvalue weighted by molar-refractivity contribution is 0.0514. The first-order valence-corrected chi connectivity index (χ1v) is 11.4. The van der Waals surface area contributed by atoms with Gasteiger partial charge in [-0.3, -0.25) is 14.6 Å². The molecular weight excluding hydrogens is 454 g/mol. The number of rotatable bonds is 9. The van der Waals surface area contributed by atoms with Gasteiger partial charge in [0.2, 0.25) is 0 Å². The minimum atomic E-state index is -0.483. The highest BCUT2D eigenvalue weighted by molar-refractivity contribution is 6.33. The first-order chi connectivity index (χ1) is 16.3. The molecule has 178 valence electrons. The molecule has 0 saturated carbocycles. The second kappa shape index (κ2) is 11.1. The van der Waals surface area contributed by atoms with E-state index in [1.54, 1.807) is 62.8 Å². The molecule has 1 amide bonds. The number of nitrogens with zero attached hydrogens (tertiary/aromatic N) is 3. The molecule has 0 unspecified atom stereocenters. The maximum Gasteiger partial charge on any atom is 0.355 e. The summed E-state index contributed by atoms with van der Waals surface area (Å²) in [5.74, 6) is -1.09. The van der Waals surface area contributed by atoms with Crippen LogP contribution in [0.1, 0.15) is 55.1 Å². The van der Waals surface area contributed by atoms with Gasteiger partial charge in [0, 0.05) is 43.2 Å². The highest BCUT2D eigenvalue weighted by Crippen LogP contribution is 2.24. The fourth-order valence-corrected chi connectivity index (χ4v) is 4.20. The van der Waals surface area contributed by atoms with Crippen LogP contribution < -0.4 is 0 Å². The SMILES string of the molecule is CCOC(=O)c1c(C)c(C(=O)CN(CCc2ccccn2)C(=O)c2ccccc2Cl)c(C)n1C. The molecule has 0 aliphatic carbocycles. The third-order valence-electron chi connectivity index (χ3n) is 5.77. The van der Waals surface area contributed by atoms with Gasteiger partial charge in [-0.1, -0.05) is 29.8 Å². The summed E-state index contributed by atoms with van der Waals surface area (Å²) in [5, 5.41) is 0.319. The third-order valence-corrected chi connectivity index (χ3v) is 6.10. The Morgan fingerprint density at radius 2 is 1.79 bits per heavy atom. The number of pyridine rings is 1. The Morgan fingerprint density at radius 1 is 1.09 bits per heavy atom. The lowest BCUT2D eigenvalue weighted by Crippen LogP contribution is -2.37. The average molecular weight is 482 g/mol. The number of carbonyl (C=O) groups excluding carboxylic acids is 3. The predicted octanol–water partition coefficient (Wildman–Crippen LogP) is 4.43. The van der Waals surface area contributed by atoms with Gasteiger partial charge in [0.05, 0.1) is 23.7 Å². The molecule has 8 heteroatoms. The van der Waals surface area contributed by atoms with Crippen LogP contribution in [0.2, 0.25) is 5.02 Å². The molecule has 1 aromatic carbocycles. The number of esters is 1. The summed E-state index contributed by atoms with van der Waals surface area (Å²) >= 11 is 6.27. The van der Waals surface area contributed by atoms with Crippen molar-refractivity contribution < 1.29 is 19.1 Å². The second-order valence-corrected chi connectivity index (χ2v) is 8.32. The molecule has 0 fully saturated rings. The molecule has 0 N–H and O–H groups in total. The van der Waals surface area contributed by atoms with Crippen LogP contribution in [0, 0.1) is 13.8 Å². The molecule has 2 heterocycles. The number of carbonyl (C=O) groups is 3. The highest BCUT2D eigenvalue weighted by atomic mass is 35.5. The molecule has 0 atom stereocenters. The molecule has 2 aromatic heterocycles. The van der Waals surface area contributed by atoms with Crippen molar-refractivity contribution in [1.82, 2.24) is 14.5 Å². The van der Waals surface area contributed by atoms with Crippen LogP contribution in [-0.2, 0) is 18.2 Å². The van der Waals surface area contributed by atoms with Crippen LogP contribution in [0.4, 0.5) is 0 Å². The Bertz CT molecular complexity index is 1200. The summed E-state index contributed by atoms with van der Waals surface area (Å²) in [7, 11) is 1.72. The van der Waals surface area contributed by atoms with E-state index >= 15 is 0 Å². The summed E-state index contributed by atoms with van der Waals surface area (Å²) in [6.45, 7) is 5.58. The Labute approximate surface area is 204 Å². The Balaban J connectivity index is 1.92. The number of ether oxygens (including phenoxy) is 1. The zero-order chi connectivity index (χ0) is 24.8. The van der Waals surface area contributed by atoms with Gasteiger partial charge in [-0.2, -0.15) is 0 Å². The lowest BCUT2D eigenvalue weighted by Gasteiger charge is -2.23. The minimum absolute atomic E-state index is 0.162. The van der Waals surface area contributed by atoms with Crippen molar-refractivity contribution in [3.8, 4) is 0 Å². The average Bonchev–Trinajstić information content (AvgIpc) is 3.05. The summed E-state index contributed by atoms with van der Waals surface area (Å²) in [6, 6.07) is 12.3. The second-order valence-electron chi connectivity index (χ2n) is 7.91. The van der Waals surface area contributed by atoms with Crippen LogP contribution in [0.5, 0.6) is 0 Å². The number of Topliss-reactive ketones (excluding diaryl/α,β-unsaturated/α-hetero) is 1. The summed E-state index contributed by atoms with van der Waals surface area (Å²) < 4.78 is 6.82. The zero-order valence-electron chi connectivity index (χ0n) is 19.8. The van der Waals surface area contributed by atoms with Gasteiger partial charge in [0.25, 0.3) is 5.91 Å². The van der Waals surface area contributed by atoms with Crippen LogP contribution in [-0.4, -0.2) is 51.8 Å². The van der Waals surface area contributed by atoms with Gasteiger partial charge in [-0.15, -0.1) is 0 Å². The lowest BCUT2D eigenvalue weighted by atomic mass is 10.0. The van der Waals surface area contributed by atoms with Crippen LogP contribution >= 0.6 is 11.6 Å². The van der Waals surface area contributed by atoms with Crippen molar-refractivity contribution in [3.63, 3.8) is 0 Å². The van der Waals surface area contributed by atoms with Gasteiger partial charge < -0.3 is 14.2 Å². The van der Waals surface area contributed by atoms with Crippen molar-refractivity contribution in [1.29, 1.82) is 0 Å². The number of hydrogen-bond donors (Lipinski definition) is 0. The van der Waals surface area contributed by atoms with Gasteiger partial charge in [0.1, 0.15) is 5.69 Å². The van der Waals surface area contributed by atoms with Gasteiger partial charge in [-0.25, -0.2) is 4.79 Å². The number of aromatic nitrogens is 2. The number of hydrogen-bond acceptors (Lipinski definition) is 5. The van der Waals surface area contributed by atoms with E-state index in [1.807, 2.05) is 18.2 Å². The first-order valence-electron chi connectivity index (χ1n) is 11.1. The maximum atomic E-state index is 13.5. The summed E-state index contributed by atoms with van der Waals surface area (Å²) in [5.41, 5.74) is 3.06. The van der Waals surface area contributed by atoms with E-state index in [0.717, 1.165) is 5.69 Å². The summed E-state index contributed by atoms with van der Waals surface area (Å²) in [4.78, 5) is 45.1. The van der Waals surface area contributed by atoms with Gasteiger partial charge >= 0.3 is 5.97 Å². The first kappa shape index (κ1) is 25.2. The molecule has 0 bridgehead atoms.